The number of rotatable bonds is 8. The van der Waals surface area contributed by atoms with Crippen molar-refractivity contribution in [1.29, 1.82) is 0 Å². The van der Waals surface area contributed by atoms with Gasteiger partial charge in [-0.1, -0.05) is 25.3 Å². The molecular formula is C10H13O7S. The number of hydrogen-bond donors (Lipinski definition) is 1. The Kier molecular flexibility index (Phi) is 6.91. The van der Waals surface area contributed by atoms with E-state index in [1.54, 1.807) is 0 Å². The molecule has 0 aliphatic carbocycles. The van der Waals surface area contributed by atoms with Crippen molar-refractivity contribution in [2.45, 2.75) is 5.25 Å². The number of esters is 2. The van der Waals surface area contributed by atoms with Crippen LogP contribution >= 0.6 is 0 Å². The van der Waals surface area contributed by atoms with Gasteiger partial charge in [0.2, 0.25) is 0 Å². The monoisotopic (exact) mass is 277 g/mol. The van der Waals surface area contributed by atoms with Gasteiger partial charge in [-0.15, -0.1) is 0 Å². The van der Waals surface area contributed by atoms with E-state index in [0.717, 1.165) is 0 Å². The van der Waals surface area contributed by atoms with Crippen LogP contribution in [0.1, 0.15) is 0 Å². The van der Waals surface area contributed by atoms with Crippen LogP contribution in [0.5, 0.6) is 0 Å². The molecule has 18 heavy (non-hydrogen) atoms. The smallest absolute Gasteiger partial charge is 0.328 e. The largest absolute Gasteiger partial charge is 0.461 e. The minimum Gasteiger partial charge on any atom is -0.461 e. The number of carbonyl (C=O) groups excluding carboxylic acids is 2. The Bertz CT molecular complexity index is 424. The van der Waals surface area contributed by atoms with Crippen molar-refractivity contribution in [1.82, 2.24) is 0 Å². The van der Waals surface area contributed by atoms with Crippen molar-refractivity contribution in [2.24, 2.45) is 0 Å². The van der Waals surface area contributed by atoms with Gasteiger partial charge in [-0.2, -0.15) is 8.42 Å². The minimum absolute atomic E-state index is 0.158. The van der Waals surface area contributed by atoms with Crippen molar-refractivity contribution in [3.05, 3.63) is 31.7 Å². The maximum Gasteiger partial charge on any atom is 0.328 e. The first-order chi connectivity index (χ1) is 8.32. The zero-order valence-electron chi connectivity index (χ0n) is 9.44. The van der Waals surface area contributed by atoms with Crippen LogP contribution < -0.4 is 0 Å². The van der Waals surface area contributed by atoms with Crippen LogP contribution in [0.2, 0.25) is 0 Å². The highest BCUT2D eigenvalue weighted by atomic mass is 32.2. The standard InChI is InChI=1S/C10H13O7S/c1-3-5-16-9(11)7-8(18(13,14)15)10(12)17-6-4-2/h3-4,7-8H,1-2,5-6H2,(H,13,14,15). The molecule has 7 nitrogen and oxygen atoms in total. The van der Waals surface area contributed by atoms with Crippen molar-refractivity contribution in [3.63, 3.8) is 0 Å². The fourth-order valence-electron chi connectivity index (χ4n) is 0.812. The molecule has 1 radical (unpaired) electrons. The molecule has 0 aliphatic rings. The third-order valence-electron chi connectivity index (χ3n) is 1.53. The highest BCUT2D eigenvalue weighted by Crippen LogP contribution is 2.07. The minimum atomic E-state index is -4.81. The zero-order chi connectivity index (χ0) is 14.2. The zero-order valence-corrected chi connectivity index (χ0v) is 10.3. The van der Waals surface area contributed by atoms with E-state index in [4.69, 9.17) is 4.55 Å². The van der Waals surface area contributed by atoms with E-state index in [1.807, 2.05) is 0 Å². The summed E-state index contributed by atoms with van der Waals surface area (Å²) in [6.07, 6.45) is 2.86. The third-order valence-corrected chi connectivity index (χ3v) is 2.50. The number of carbonyl (C=O) groups is 2. The van der Waals surface area contributed by atoms with E-state index in [-0.39, 0.29) is 13.2 Å². The van der Waals surface area contributed by atoms with Crippen LogP contribution in [-0.4, -0.2) is 43.4 Å². The van der Waals surface area contributed by atoms with Crippen molar-refractivity contribution >= 4 is 22.1 Å². The van der Waals surface area contributed by atoms with Crippen LogP contribution in [0, 0.1) is 6.42 Å². The molecule has 0 aliphatic heterocycles. The van der Waals surface area contributed by atoms with Crippen molar-refractivity contribution < 1.29 is 32.0 Å². The molecule has 0 saturated heterocycles. The van der Waals surface area contributed by atoms with E-state index >= 15 is 0 Å². The highest BCUT2D eigenvalue weighted by Gasteiger charge is 2.35. The van der Waals surface area contributed by atoms with E-state index in [1.165, 1.54) is 12.2 Å². The molecule has 101 valence electrons. The molecule has 8 heteroatoms. The first-order valence-corrected chi connectivity index (χ1v) is 6.19. The molecule has 0 spiro atoms. The number of hydrogen-bond acceptors (Lipinski definition) is 6. The van der Waals surface area contributed by atoms with Crippen LogP contribution in [-0.2, 0) is 29.2 Å². The van der Waals surface area contributed by atoms with Gasteiger partial charge < -0.3 is 9.47 Å². The molecule has 1 atom stereocenters. The second-order valence-electron chi connectivity index (χ2n) is 2.94. The summed E-state index contributed by atoms with van der Waals surface area (Å²) < 4.78 is 39.5. The fraction of sp³-hybridized carbons (Fsp3) is 0.300. The Labute approximate surface area is 105 Å². The molecule has 0 aromatic rings. The first kappa shape index (κ1) is 16.3. The van der Waals surface area contributed by atoms with E-state index < -0.39 is 27.3 Å². The summed E-state index contributed by atoms with van der Waals surface area (Å²) in [5.41, 5.74) is 0. The van der Waals surface area contributed by atoms with E-state index in [0.29, 0.717) is 6.42 Å². The van der Waals surface area contributed by atoms with Gasteiger partial charge in [0.15, 0.2) is 5.25 Å². The van der Waals surface area contributed by atoms with Crippen molar-refractivity contribution in [2.75, 3.05) is 13.2 Å². The Morgan fingerprint density at radius 2 is 1.67 bits per heavy atom. The summed E-state index contributed by atoms with van der Waals surface area (Å²) in [6.45, 7) is 6.12. The van der Waals surface area contributed by atoms with Gasteiger partial charge in [0.25, 0.3) is 10.1 Å². The lowest BCUT2D eigenvalue weighted by atomic mass is 10.3. The molecule has 1 unspecified atom stereocenters. The quantitative estimate of drug-likeness (QED) is 0.375. The summed E-state index contributed by atoms with van der Waals surface area (Å²) in [5.74, 6) is -2.39. The van der Waals surface area contributed by atoms with Crippen molar-refractivity contribution in [3.8, 4) is 0 Å². The average molecular weight is 277 g/mol. The predicted octanol–water partition coefficient (Wildman–Crippen LogP) is -0.0945. The number of ether oxygens (including phenoxy) is 2. The Morgan fingerprint density at radius 1 is 1.17 bits per heavy atom. The molecule has 0 heterocycles. The van der Waals surface area contributed by atoms with Gasteiger partial charge in [-0.05, 0) is 0 Å². The second-order valence-corrected chi connectivity index (χ2v) is 4.48. The maximum absolute atomic E-state index is 11.3. The van der Waals surface area contributed by atoms with Crippen LogP contribution in [0.25, 0.3) is 0 Å². The molecule has 0 amide bonds. The van der Waals surface area contributed by atoms with Gasteiger partial charge in [-0.3, -0.25) is 14.1 Å². The van der Waals surface area contributed by atoms with Gasteiger partial charge in [0.05, 0.1) is 0 Å². The SMILES string of the molecule is C=CCOC(=O)[CH]C(C(=O)OCC=C)S(=O)(=O)O. The molecule has 0 rings (SSSR count). The predicted molar refractivity (Wildman–Crippen MR) is 61.9 cm³/mol. The average Bonchev–Trinajstić information content (AvgIpc) is 2.28. The highest BCUT2D eigenvalue weighted by molar-refractivity contribution is 7.87. The van der Waals surface area contributed by atoms with Gasteiger partial charge >= 0.3 is 11.9 Å². The summed E-state index contributed by atoms with van der Waals surface area (Å²) in [6, 6.07) is 0. The Morgan fingerprint density at radius 3 is 2.11 bits per heavy atom. The van der Waals surface area contributed by atoms with E-state index in [9.17, 15) is 18.0 Å². The molecule has 0 aromatic carbocycles. The topological polar surface area (TPSA) is 107 Å². The lowest BCUT2D eigenvalue weighted by Gasteiger charge is -2.11. The normalized spacial score (nSPS) is 12.3. The second kappa shape index (κ2) is 7.62. The third kappa shape index (κ3) is 6.16. The lowest BCUT2D eigenvalue weighted by Crippen LogP contribution is -2.35. The summed E-state index contributed by atoms with van der Waals surface area (Å²) in [5, 5.41) is -2.13. The van der Waals surface area contributed by atoms with Gasteiger partial charge in [0.1, 0.15) is 19.6 Å². The summed E-state index contributed by atoms with van der Waals surface area (Å²) in [4.78, 5) is 22.4. The molecule has 0 saturated carbocycles. The lowest BCUT2D eigenvalue weighted by molar-refractivity contribution is -0.145. The maximum atomic E-state index is 11.3. The summed E-state index contributed by atoms with van der Waals surface area (Å²) >= 11 is 0. The van der Waals surface area contributed by atoms with Crippen LogP contribution in [0.3, 0.4) is 0 Å². The van der Waals surface area contributed by atoms with Gasteiger partial charge in [0, 0.05) is 0 Å². The Hall–Kier alpha value is -1.67. The molecule has 0 aromatic heterocycles. The van der Waals surface area contributed by atoms with Crippen LogP contribution in [0.15, 0.2) is 25.3 Å². The molecule has 0 fully saturated rings. The fourth-order valence-corrected chi connectivity index (χ4v) is 1.41. The van der Waals surface area contributed by atoms with Gasteiger partial charge in [-0.25, -0.2) is 0 Å². The first-order valence-electron chi connectivity index (χ1n) is 4.69. The molecule has 1 N–H and O–H groups in total. The Balaban J connectivity index is 4.70. The molecular weight excluding hydrogens is 264 g/mol. The summed E-state index contributed by atoms with van der Waals surface area (Å²) in [7, 11) is -4.81. The van der Waals surface area contributed by atoms with E-state index in [2.05, 4.69) is 22.6 Å². The van der Waals surface area contributed by atoms with Crippen LogP contribution in [0.4, 0.5) is 0 Å². The molecule has 0 bridgehead atoms.